The number of benzene rings is 1. The standard InChI is InChI=1S/C14H21NO/c1-10-5-3-4-6-12(10)9-13(15)14-11(2)7-8-16-14/h3-6,11,13-14H,7-9,15H2,1-2H3. The van der Waals surface area contributed by atoms with E-state index in [-0.39, 0.29) is 12.1 Å². The number of hydrogen-bond acceptors (Lipinski definition) is 2. The van der Waals surface area contributed by atoms with Gasteiger partial charge in [0.1, 0.15) is 0 Å². The van der Waals surface area contributed by atoms with Crippen LogP contribution in [0.1, 0.15) is 24.5 Å². The zero-order valence-electron chi connectivity index (χ0n) is 10.1. The number of aryl methyl sites for hydroxylation is 1. The molecule has 2 nitrogen and oxygen atoms in total. The van der Waals surface area contributed by atoms with Gasteiger partial charge in [-0.2, -0.15) is 0 Å². The second kappa shape index (κ2) is 4.98. The van der Waals surface area contributed by atoms with E-state index in [0.717, 1.165) is 19.4 Å². The Morgan fingerprint density at radius 3 is 2.81 bits per heavy atom. The molecule has 1 aliphatic heterocycles. The van der Waals surface area contributed by atoms with Crippen molar-refractivity contribution in [3.63, 3.8) is 0 Å². The molecule has 2 rings (SSSR count). The first kappa shape index (κ1) is 11.6. The SMILES string of the molecule is Cc1ccccc1CC(N)C1OCCC1C. The Morgan fingerprint density at radius 2 is 2.19 bits per heavy atom. The van der Waals surface area contributed by atoms with Crippen LogP contribution in [0.2, 0.25) is 0 Å². The van der Waals surface area contributed by atoms with Crippen LogP contribution in [0.15, 0.2) is 24.3 Å². The fourth-order valence-corrected chi connectivity index (χ4v) is 2.47. The van der Waals surface area contributed by atoms with E-state index in [1.54, 1.807) is 0 Å². The van der Waals surface area contributed by atoms with Crippen LogP contribution in [0.25, 0.3) is 0 Å². The summed E-state index contributed by atoms with van der Waals surface area (Å²) in [5.74, 6) is 0.596. The Balaban J connectivity index is 2.02. The van der Waals surface area contributed by atoms with Crippen molar-refractivity contribution in [1.29, 1.82) is 0 Å². The molecular formula is C14H21NO. The topological polar surface area (TPSA) is 35.2 Å². The van der Waals surface area contributed by atoms with Crippen molar-refractivity contribution in [2.75, 3.05) is 6.61 Å². The minimum atomic E-state index is 0.124. The minimum Gasteiger partial charge on any atom is -0.376 e. The van der Waals surface area contributed by atoms with Crippen molar-refractivity contribution in [3.05, 3.63) is 35.4 Å². The summed E-state index contributed by atoms with van der Waals surface area (Å²) < 4.78 is 5.71. The lowest BCUT2D eigenvalue weighted by molar-refractivity contribution is 0.0726. The third kappa shape index (κ3) is 2.45. The van der Waals surface area contributed by atoms with Gasteiger partial charge in [-0.05, 0) is 36.8 Å². The van der Waals surface area contributed by atoms with E-state index in [9.17, 15) is 0 Å². The van der Waals surface area contributed by atoms with E-state index in [1.165, 1.54) is 11.1 Å². The molecule has 0 amide bonds. The van der Waals surface area contributed by atoms with E-state index in [4.69, 9.17) is 10.5 Å². The number of hydrogen-bond donors (Lipinski definition) is 1. The Kier molecular flexibility index (Phi) is 3.62. The third-order valence-corrected chi connectivity index (χ3v) is 3.58. The molecule has 1 saturated heterocycles. The first-order valence-corrected chi connectivity index (χ1v) is 6.10. The molecule has 3 atom stereocenters. The number of rotatable bonds is 3. The summed E-state index contributed by atoms with van der Waals surface area (Å²) in [5, 5.41) is 0. The zero-order chi connectivity index (χ0) is 11.5. The van der Waals surface area contributed by atoms with Gasteiger partial charge in [-0.25, -0.2) is 0 Å². The molecule has 1 heterocycles. The van der Waals surface area contributed by atoms with Crippen molar-refractivity contribution < 1.29 is 4.74 Å². The van der Waals surface area contributed by atoms with Gasteiger partial charge in [0.2, 0.25) is 0 Å². The van der Waals surface area contributed by atoms with Crippen LogP contribution in [0, 0.1) is 12.8 Å². The normalized spacial score (nSPS) is 26.9. The molecule has 1 aliphatic rings. The predicted molar refractivity (Wildman–Crippen MR) is 66.4 cm³/mol. The van der Waals surface area contributed by atoms with E-state index in [0.29, 0.717) is 5.92 Å². The maximum Gasteiger partial charge on any atom is 0.0755 e. The van der Waals surface area contributed by atoms with Crippen molar-refractivity contribution in [2.24, 2.45) is 11.7 Å². The lowest BCUT2D eigenvalue weighted by atomic mass is 9.92. The molecule has 0 aliphatic carbocycles. The van der Waals surface area contributed by atoms with Crippen molar-refractivity contribution in [3.8, 4) is 0 Å². The molecule has 3 unspecified atom stereocenters. The van der Waals surface area contributed by atoms with Crippen molar-refractivity contribution in [1.82, 2.24) is 0 Å². The second-order valence-corrected chi connectivity index (χ2v) is 4.90. The van der Waals surface area contributed by atoms with Gasteiger partial charge in [0.25, 0.3) is 0 Å². The molecule has 1 fully saturated rings. The van der Waals surface area contributed by atoms with Gasteiger partial charge >= 0.3 is 0 Å². The van der Waals surface area contributed by atoms with Gasteiger partial charge in [-0.15, -0.1) is 0 Å². The highest BCUT2D eigenvalue weighted by molar-refractivity contribution is 5.26. The molecule has 0 radical (unpaired) electrons. The molecular weight excluding hydrogens is 198 g/mol. The van der Waals surface area contributed by atoms with Gasteiger partial charge < -0.3 is 10.5 Å². The van der Waals surface area contributed by atoms with Gasteiger partial charge in [0.05, 0.1) is 6.10 Å². The molecule has 88 valence electrons. The van der Waals surface area contributed by atoms with Crippen LogP contribution in [0.3, 0.4) is 0 Å². The fraction of sp³-hybridized carbons (Fsp3) is 0.571. The highest BCUT2D eigenvalue weighted by Gasteiger charge is 2.29. The Morgan fingerprint density at radius 1 is 1.44 bits per heavy atom. The average Bonchev–Trinajstić information content (AvgIpc) is 2.68. The molecule has 1 aromatic rings. The predicted octanol–water partition coefficient (Wildman–Crippen LogP) is 2.29. The molecule has 16 heavy (non-hydrogen) atoms. The minimum absolute atomic E-state index is 0.124. The average molecular weight is 219 g/mol. The fourth-order valence-electron chi connectivity index (χ4n) is 2.47. The first-order chi connectivity index (χ1) is 7.68. The zero-order valence-corrected chi connectivity index (χ0v) is 10.1. The van der Waals surface area contributed by atoms with Crippen LogP contribution in [0.4, 0.5) is 0 Å². The first-order valence-electron chi connectivity index (χ1n) is 6.10. The Labute approximate surface area is 97.8 Å². The van der Waals surface area contributed by atoms with E-state index in [2.05, 4.69) is 38.1 Å². The number of nitrogens with two attached hydrogens (primary N) is 1. The van der Waals surface area contributed by atoms with Gasteiger partial charge in [0, 0.05) is 12.6 Å². The van der Waals surface area contributed by atoms with Gasteiger partial charge in [-0.1, -0.05) is 31.2 Å². The van der Waals surface area contributed by atoms with Crippen molar-refractivity contribution >= 4 is 0 Å². The van der Waals surface area contributed by atoms with Crippen molar-refractivity contribution in [2.45, 2.75) is 38.8 Å². The Hall–Kier alpha value is -0.860. The van der Waals surface area contributed by atoms with Gasteiger partial charge in [-0.3, -0.25) is 0 Å². The molecule has 1 aromatic carbocycles. The summed E-state index contributed by atoms with van der Waals surface area (Å²) in [6.07, 6.45) is 2.30. The second-order valence-electron chi connectivity index (χ2n) is 4.90. The summed E-state index contributed by atoms with van der Waals surface area (Å²) in [4.78, 5) is 0. The maximum absolute atomic E-state index is 6.25. The maximum atomic E-state index is 6.25. The third-order valence-electron chi connectivity index (χ3n) is 3.58. The van der Waals surface area contributed by atoms with E-state index < -0.39 is 0 Å². The molecule has 0 bridgehead atoms. The van der Waals surface area contributed by atoms with Crippen LogP contribution < -0.4 is 5.73 Å². The van der Waals surface area contributed by atoms with Crippen LogP contribution >= 0.6 is 0 Å². The molecule has 0 saturated carbocycles. The Bertz CT molecular complexity index is 350. The summed E-state index contributed by atoms with van der Waals surface area (Å²) in [6.45, 7) is 5.24. The molecule has 0 aromatic heterocycles. The molecule has 2 N–H and O–H groups in total. The number of ether oxygens (including phenoxy) is 1. The summed E-state index contributed by atoms with van der Waals surface area (Å²) >= 11 is 0. The van der Waals surface area contributed by atoms with Crippen LogP contribution in [0.5, 0.6) is 0 Å². The molecule has 2 heteroatoms. The smallest absolute Gasteiger partial charge is 0.0755 e. The van der Waals surface area contributed by atoms with E-state index in [1.807, 2.05) is 0 Å². The quantitative estimate of drug-likeness (QED) is 0.846. The lowest BCUT2D eigenvalue weighted by Gasteiger charge is -2.23. The summed E-state index contributed by atoms with van der Waals surface area (Å²) in [7, 11) is 0. The summed E-state index contributed by atoms with van der Waals surface area (Å²) in [5.41, 5.74) is 8.91. The van der Waals surface area contributed by atoms with Gasteiger partial charge in [0.15, 0.2) is 0 Å². The van der Waals surface area contributed by atoms with E-state index >= 15 is 0 Å². The highest BCUT2D eigenvalue weighted by Crippen LogP contribution is 2.24. The highest BCUT2D eigenvalue weighted by atomic mass is 16.5. The van der Waals surface area contributed by atoms with Crippen LogP contribution in [-0.4, -0.2) is 18.8 Å². The molecule has 0 spiro atoms. The van der Waals surface area contributed by atoms with Crippen LogP contribution in [-0.2, 0) is 11.2 Å². The summed E-state index contributed by atoms with van der Waals surface area (Å²) in [6, 6.07) is 8.57. The lowest BCUT2D eigenvalue weighted by Crippen LogP contribution is -2.39. The largest absolute Gasteiger partial charge is 0.376 e. The monoisotopic (exact) mass is 219 g/mol.